The molecule has 1 aliphatic rings. The van der Waals surface area contributed by atoms with Crippen molar-refractivity contribution in [3.8, 4) is 0 Å². The highest BCUT2D eigenvalue weighted by molar-refractivity contribution is 8.14. The van der Waals surface area contributed by atoms with Gasteiger partial charge in [-0.25, -0.2) is 13.8 Å². The van der Waals surface area contributed by atoms with Gasteiger partial charge in [-0.1, -0.05) is 65.1 Å². The average Bonchev–Trinajstić information content (AvgIpc) is 3.14. The van der Waals surface area contributed by atoms with Crippen LogP contribution in [0.2, 0.25) is 0 Å². The third-order valence-corrected chi connectivity index (χ3v) is 10.3. The number of alkyl halides is 1. The highest BCUT2D eigenvalue weighted by Gasteiger charge is 2.63. The van der Waals surface area contributed by atoms with Crippen molar-refractivity contribution in [3.63, 3.8) is 0 Å². The average molecular weight is 733 g/mol. The normalized spacial score (nSPS) is 23.7. The van der Waals surface area contributed by atoms with E-state index in [1.54, 1.807) is 41.5 Å². The van der Waals surface area contributed by atoms with Crippen LogP contribution in [0.5, 0.6) is 0 Å². The van der Waals surface area contributed by atoms with Gasteiger partial charge in [-0.15, -0.1) is 0 Å². The summed E-state index contributed by atoms with van der Waals surface area (Å²) in [4.78, 5) is 49.7. The highest BCUT2D eigenvalue weighted by atomic mass is 32.2. The van der Waals surface area contributed by atoms with Crippen LogP contribution >= 0.6 is 31.3 Å². The van der Waals surface area contributed by atoms with Gasteiger partial charge in [0.05, 0.1) is 39.6 Å². The third-order valence-electron chi connectivity index (χ3n) is 6.39. The van der Waals surface area contributed by atoms with Crippen LogP contribution in [-0.2, 0) is 41.9 Å². The van der Waals surface area contributed by atoms with Crippen molar-refractivity contribution in [2.24, 2.45) is 10.8 Å². The zero-order chi connectivity index (χ0) is 35.7. The van der Waals surface area contributed by atoms with Crippen molar-refractivity contribution < 1.29 is 56.5 Å². The number of carbonyl (C=O) groups excluding carboxylic acids is 2. The number of aromatic nitrogens is 2. The minimum absolute atomic E-state index is 0.00613. The molecule has 2 heterocycles. The number of aliphatic hydroxyl groups is 2. The molecule has 1 unspecified atom stereocenters. The fourth-order valence-corrected chi connectivity index (χ4v) is 6.52. The van der Waals surface area contributed by atoms with Crippen LogP contribution in [0.25, 0.3) is 0 Å². The van der Waals surface area contributed by atoms with E-state index in [9.17, 15) is 34.0 Å². The smallest absolute Gasteiger partial charge is 0.384 e. The molecule has 1 aliphatic heterocycles. The number of thioether (sulfide) groups is 2. The predicted octanol–water partition coefficient (Wildman–Crippen LogP) is 2.65. The maximum atomic E-state index is 15.9. The third kappa shape index (κ3) is 12.8. The molecule has 0 spiro atoms. The van der Waals surface area contributed by atoms with E-state index in [0.29, 0.717) is 16.1 Å². The van der Waals surface area contributed by atoms with E-state index in [-0.39, 0.29) is 49.9 Å². The first-order chi connectivity index (χ1) is 21.6. The lowest BCUT2D eigenvalue weighted by atomic mass is 9.95. The SMILES string of the molecule is CC(C)(C)C(=O)SCCOCCOP(=O)(OCCOCCSC(=O)C(C)(C)C)OC[C@@]1(F)OC(n2ccc(=O)[nH]c2=O)[C@](C)(O)[C@@H]1O. The Morgan fingerprint density at radius 2 is 1.45 bits per heavy atom. The highest BCUT2D eigenvalue weighted by Crippen LogP contribution is 2.52. The van der Waals surface area contributed by atoms with Gasteiger partial charge in [0.2, 0.25) is 0 Å². The number of aliphatic hydroxyl groups excluding tert-OH is 1. The number of nitrogens with one attached hydrogen (secondary N) is 1. The Balaban J connectivity index is 2.00. The second kappa shape index (κ2) is 17.5. The molecule has 47 heavy (non-hydrogen) atoms. The number of H-pyrrole nitrogens is 1. The number of nitrogens with zero attached hydrogens (tertiary/aromatic N) is 1. The molecule has 15 nitrogen and oxygen atoms in total. The minimum atomic E-state index is -4.58. The van der Waals surface area contributed by atoms with Crippen molar-refractivity contribution in [1.82, 2.24) is 9.55 Å². The quantitative estimate of drug-likeness (QED) is 0.147. The van der Waals surface area contributed by atoms with E-state index in [0.717, 1.165) is 42.7 Å². The summed E-state index contributed by atoms with van der Waals surface area (Å²) in [6.07, 6.45) is -3.18. The molecule has 0 aromatic carbocycles. The summed E-state index contributed by atoms with van der Waals surface area (Å²) in [5.74, 6) is -2.47. The first kappa shape index (κ1) is 41.7. The van der Waals surface area contributed by atoms with Crippen molar-refractivity contribution in [1.29, 1.82) is 0 Å². The summed E-state index contributed by atoms with van der Waals surface area (Å²) in [5.41, 5.74) is -5.21. The molecule has 3 N–H and O–H groups in total. The number of rotatable bonds is 18. The van der Waals surface area contributed by atoms with Crippen molar-refractivity contribution >= 4 is 41.6 Å². The number of phosphoric ester groups is 1. The Kier molecular flexibility index (Phi) is 15.5. The van der Waals surface area contributed by atoms with Gasteiger partial charge in [0.15, 0.2) is 16.5 Å². The molecule has 1 saturated heterocycles. The summed E-state index contributed by atoms with van der Waals surface area (Å²) in [6.45, 7) is 10.0. The van der Waals surface area contributed by atoms with E-state index in [1.165, 1.54) is 0 Å². The molecule has 0 saturated carbocycles. The monoisotopic (exact) mass is 732 g/mol. The van der Waals surface area contributed by atoms with Crippen LogP contribution in [-0.4, -0.2) is 105 Å². The molecule has 4 atom stereocenters. The van der Waals surface area contributed by atoms with Crippen molar-refractivity contribution in [3.05, 3.63) is 33.1 Å². The Labute approximate surface area is 281 Å². The lowest BCUT2D eigenvalue weighted by molar-refractivity contribution is -0.205. The van der Waals surface area contributed by atoms with E-state index < -0.39 is 60.3 Å². The minimum Gasteiger partial charge on any atom is -0.384 e. The van der Waals surface area contributed by atoms with Gasteiger partial charge in [0.25, 0.3) is 11.4 Å². The van der Waals surface area contributed by atoms with E-state index >= 15 is 4.39 Å². The maximum absolute atomic E-state index is 15.9. The lowest BCUT2D eigenvalue weighted by Crippen LogP contribution is -2.50. The summed E-state index contributed by atoms with van der Waals surface area (Å²) in [6, 6.07) is 0.935. The van der Waals surface area contributed by atoms with E-state index in [1.807, 2.05) is 4.98 Å². The molecular formula is C28H46FN2O13PS2. The van der Waals surface area contributed by atoms with Gasteiger partial charge >= 0.3 is 13.5 Å². The van der Waals surface area contributed by atoms with Gasteiger partial charge < -0.3 is 24.4 Å². The first-order valence-electron chi connectivity index (χ1n) is 14.7. The molecule has 2 rings (SSSR count). The maximum Gasteiger partial charge on any atom is 0.475 e. The topological polar surface area (TPSA) is 202 Å². The fraction of sp³-hybridized carbons (Fsp3) is 0.786. The molecule has 1 aromatic rings. The molecular weight excluding hydrogens is 686 g/mol. The Bertz CT molecular complexity index is 1320. The van der Waals surface area contributed by atoms with Crippen LogP contribution in [0.1, 0.15) is 54.7 Å². The van der Waals surface area contributed by atoms with Gasteiger partial charge in [0, 0.05) is 34.6 Å². The van der Waals surface area contributed by atoms with E-state index in [2.05, 4.69) is 0 Å². The second-order valence-electron chi connectivity index (χ2n) is 12.8. The van der Waals surface area contributed by atoms with Crippen LogP contribution < -0.4 is 11.2 Å². The molecule has 19 heteroatoms. The number of hydrogen-bond acceptors (Lipinski definition) is 15. The van der Waals surface area contributed by atoms with Crippen LogP contribution in [0.3, 0.4) is 0 Å². The Morgan fingerprint density at radius 1 is 0.957 bits per heavy atom. The molecule has 1 aromatic heterocycles. The molecule has 0 bridgehead atoms. The summed E-state index contributed by atoms with van der Waals surface area (Å²) in [7, 11) is -4.58. The lowest BCUT2D eigenvalue weighted by Gasteiger charge is -2.28. The summed E-state index contributed by atoms with van der Waals surface area (Å²) >= 11 is 2.22. The molecule has 0 aliphatic carbocycles. The van der Waals surface area contributed by atoms with Gasteiger partial charge in [-0.05, 0) is 6.92 Å². The predicted molar refractivity (Wildman–Crippen MR) is 173 cm³/mol. The number of phosphoric acid groups is 1. The number of carbonyl (C=O) groups is 2. The largest absolute Gasteiger partial charge is 0.475 e. The zero-order valence-corrected chi connectivity index (χ0v) is 30.2. The van der Waals surface area contributed by atoms with Crippen LogP contribution in [0.15, 0.2) is 21.9 Å². The zero-order valence-electron chi connectivity index (χ0n) is 27.6. The van der Waals surface area contributed by atoms with Gasteiger partial charge in [-0.3, -0.25) is 37.5 Å². The standard InChI is InChI=1S/C28H46FN2O13PS2/c1-25(2,3)22(34)46-16-14-39-10-12-41-45(38,42-13-11-40-15-17-47-23(35)26(4,5)6)43-18-28(29)20(33)27(7,37)21(44-28)31-9-8-19(32)30-24(31)36/h8-9,20-21,33,37H,10-18H2,1-7H3,(H,30,32,36)/t20-,21?,27+,28+/m0/s1. The van der Waals surface area contributed by atoms with Crippen LogP contribution in [0, 0.1) is 10.8 Å². The fourth-order valence-electron chi connectivity index (χ4n) is 3.72. The molecule has 0 radical (unpaired) electrons. The number of ether oxygens (including phenoxy) is 3. The Hall–Kier alpha value is -1.44. The number of halogens is 1. The molecule has 1 fully saturated rings. The first-order valence-corrected chi connectivity index (χ1v) is 18.2. The molecule has 270 valence electrons. The van der Waals surface area contributed by atoms with Crippen LogP contribution in [0.4, 0.5) is 4.39 Å². The number of aromatic amines is 1. The second-order valence-corrected chi connectivity index (χ2v) is 16.6. The summed E-state index contributed by atoms with van der Waals surface area (Å²) in [5, 5.41) is 21.5. The van der Waals surface area contributed by atoms with Crippen molar-refractivity contribution in [2.75, 3.05) is 57.8 Å². The summed E-state index contributed by atoms with van der Waals surface area (Å²) < 4.78 is 61.9. The van der Waals surface area contributed by atoms with Gasteiger partial charge in [0.1, 0.15) is 18.3 Å². The van der Waals surface area contributed by atoms with E-state index in [4.69, 9.17) is 27.8 Å². The number of hydrogen-bond donors (Lipinski definition) is 3. The molecule has 0 amide bonds. The van der Waals surface area contributed by atoms with Crippen molar-refractivity contribution in [2.45, 2.75) is 72.3 Å². The Morgan fingerprint density at radius 3 is 1.89 bits per heavy atom. The van der Waals surface area contributed by atoms with Gasteiger partial charge in [-0.2, -0.15) is 0 Å².